The predicted molar refractivity (Wildman–Crippen MR) is 119 cm³/mol. The van der Waals surface area contributed by atoms with E-state index < -0.39 is 5.79 Å². The number of hydrogen-bond donors (Lipinski definition) is 0. The number of rotatable bonds is 2. The number of carbonyl (C=O) groups is 1. The van der Waals surface area contributed by atoms with Gasteiger partial charge in [-0.1, -0.05) is 19.1 Å². The van der Waals surface area contributed by atoms with E-state index in [1.165, 1.54) is 16.7 Å². The van der Waals surface area contributed by atoms with Crippen molar-refractivity contribution in [2.45, 2.75) is 57.3 Å². The molecule has 5 nitrogen and oxygen atoms in total. The summed E-state index contributed by atoms with van der Waals surface area (Å²) in [5.74, 6) is 1.42. The van der Waals surface area contributed by atoms with Crippen LogP contribution in [0.5, 0.6) is 5.75 Å². The monoisotopic (exact) mass is 436 g/mol. The lowest BCUT2D eigenvalue weighted by Crippen LogP contribution is -2.37. The molecule has 2 heterocycles. The van der Waals surface area contributed by atoms with E-state index in [2.05, 4.69) is 25.1 Å². The molecule has 0 aromatic heterocycles. The molecule has 1 spiro atoms. The van der Waals surface area contributed by atoms with Gasteiger partial charge in [0.2, 0.25) is 0 Å². The van der Waals surface area contributed by atoms with Crippen LogP contribution in [0.1, 0.15) is 57.1 Å². The molecule has 5 aliphatic rings. The highest BCUT2D eigenvalue weighted by atomic mass is 16.7. The molecule has 1 aromatic carbocycles. The van der Waals surface area contributed by atoms with Gasteiger partial charge in [-0.3, -0.25) is 4.79 Å². The maximum absolute atomic E-state index is 13.0. The SMILES string of the molecule is COc1ccc([C@H]2OC[C@]3(C)C(=O)CCC3C3CCC4=CC5(CCC4=C32)OCCO5)cc1. The molecule has 170 valence electrons. The Hall–Kier alpha value is -1.95. The first kappa shape index (κ1) is 20.6. The molecule has 0 amide bonds. The molecule has 4 atom stereocenters. The average molecular weight is 437 g/mol. The fourth-order valence-corrected chi connectivity index (χ4v) is 6.93. The summed E-state index contributed by atoms with van der Waals surface area (Å²) in [6.45, 7) is 3.97. The van der Waals surface area contributed by atoms with Crippen LogP contribution in [0.3, 0.4) is 0 Å². The van der Waals surface area contributed by atoms with Crippen molar-refractivity contribution >= 4 is 5.78 Å². The van der Waals surface area contributed by atoms with Gasteiger partial charge in [0.1, 0.15) is 17.6 Å². The van der Waals surface area contributed by atoms with Crippen LogP contribution in [0.4, 0.5) is 0 Å². The molecule has 5 heteroatoms. The number of benzene rings is 1. The molecular formula is C27H32O5. The fraction of sp³-hybridized carbons (Fsp3) is 0.593. The van der Waals surface area contributed by atoms with Crippen LogP contribution in [0.15, 0.2) is 47.1 Å². The third-order valence-corrected chi connectivity index (χ3v) is 8.63. The Morgan fingerprint density at radius 1 is 1.03 bits per heavy atom. The first-order chi connectivity index (χ1) is 15.5. The third kappa shape index (κ3) is 3.05. The Balaban J connectivity index is 1.48. The number of ether oxygens (including phenoxy) is 4. The summed E-state index contributed by atoms with van der Waals surface area (Å²) >= 11 is 0. The van der Waals surface area contributed by atoms with Crippen molar-refractivity contribution in [3.05, 3.63) is 52.6 Å². The molecule has 1 aromatic rings. The molecule has 2 aliphatic heterocycles. The normalized spacial score (nSPS) is 35.8. The van der Waals surface area contributed by atoms with Crippen LogP contribution in [0.25, 0.3) is 0 Å². The summed E-state index contributed by atoms with van der Waals surface area (Å²) in [6, 6.07) is 8.25. The Bertz CT molecular complexity index is 984. The van der Waals surface area contributed by atoms with Crippen LogP contribution in [-0.2, 0) is 19.0 Å². The number of Topliss-reactive ketones (excluding diaryl/α,β-unsaturated/α-hetero) is 1. The molecule has 3 aliphatic carbocycles. The van der Waals surface area contributed by atoms with Crippen molar-refractivity contribution in [2.75, 3.05) is 26.9 Å². The molecule has 2 unspecified atom stereocenters. The Morgan fingerprint density at radius 2 is 1.81 bits per heavy atom. The van der Waals surface area contributed by atoms with Gasteiger partial charge in [0.25, 0.3) is 0 Å². The fourth-order valence-electron chi connectivity index (χ4n) is 6.93. The maximum atomic E-state index is 13.0. The zero-order valence-electron chi connectivity index (χ0n) is 19.0. The first-order valence-electron chi connectivity index (χ1n) is 12.0. The van der Waals surface area contributed by atoms with Gasteiger partial charge in [-0.2, -0.15) is 0 Å². The van der Waals surface area contributed by atoms with Gasteiger partial charge in [-0.25, -0.2) is 0 Å². The quantitative estimate of drug-likeness (QED) is 0.659. The lowest BCUT2D eigenvalue weighted by atomic mass is 9.63. The largest absolute Gasteiger partial charge is 0.497 e. The summed E-state index contributed by atoms with van der Waals surface area (Å²) in [7, 11) is 1.69. The summed E-state index contributed by atoms with van der Waals surface area (Å²) in [5.41, 5.74) is 4.95. The van der Waals surface area contributed by atoms with E-state index in [-0.39, 0.29) is 11.5 Å². The highest BCUT2D eigenvalue weighted by Crippen LogP contribution is 2.58. The van der Waals surface area contributed by atoms with Gasteiger partial charge in [0, 0.05) is 12.8 Å². The van der Waals surface area contributed by atoms with Crippen LogP contribution < -0.4 is 4.74 Å². The van der Waals surface area contributed by atoms with E-state index in [0.717, 1.165) is 43.4 Å². The van der Waals surface area contributed by atoms with Crippen molar-refractivity contribution in [1.82, 2.24) is 0 Å². The van der Waals surface area contributed by atoms with Gasteiger partial charge >= 0.3 is 0 Å². The van der Waals surface area contributed by atoms with E-state index in [1.54, 1.807) is 7.11 Å². The zero-order chi connectivity index (χ0) is 21.9. The predicted octanol–water partition coefficient (Wildman–Crippen LogP) is 4.92. The number of allylic oxidation sites excluding steroid dienone is 2. The topological polar surface area (TPSA) is 54.0 Å². The minimum Gasteiger partial charge on any atom is -0.497 e. The Kier molecular flexibility index (Phi) is 4.87. The zero-order valence-corrected chi connectivity index (χ0v) is 19.0. The Labute approximate surface area is 189 Å². The Morgan fingerprint density at radius 3 is 2.56 bits per heavy atom. The van der Waals surface area contributed by atoms with Gasteiger partial charge < -0.3 is 18.9 Å². The summed E-state index contributed by atoms with van der Waals surface area (Å²) in [4.78, 5) is 13.0. The minimum absolute atomic E-state index is 0.126. The van der Waals surface area contributed by atoms with Crippen molar-refractivity contribution in [2.24, 2.45) is 17.3 Å². The summed E-state index contributed by atoms with van der Waals surface area (Å²) in [6.07, 6.45) is 7.65. The van der Waals surface area contributed by atoms with Crippen LogP contribution in [0, 0.1) is 17.3 Å². The van der Waals surface area contributed by atoms with Gasteiger partial charge in [0.15, 0.2) is 5.79 Å². The molecule has 6 rings (SSSR count). The smallest absolute Gasteiger partial charge is 0.188 e. The molecule has 0 radical (unpaired) electrons. The lowest BCUT2D eigenvalue weighted by Gasteiger charge is -2.41. The average Bonchev–Trinajstić information content (AvgIpc) is 3.35. The second-order valence-corrected chi connectivity index (χ2v) is 10.2. The maximum Gasteiger partial charge on any atom is 0.188 e. The standard InChI is InChI=1S/C27H32O5/c1-26-16-30-25(17-3-6-19(29-2)7-4-17)24-20-11-12-27(31-13-14-32-27)15-18(20)5-8-21(24)22(26)9-10-23(26)28/h3-4,6-7,15,21-22,25H,5,8-14,16H2,1-2H3/t21?,22?,25-,26+/m1/s1. The second kappa shape index (κ2) is 7.54. The number of methoxy groups -OCH3 is 1. The molecule has 1 saturated carbocycles. The molecule has 2 saturated heterocycles. The molecular weight excluding hydrogens is 404 g/mol. The highest BCUT2D eigenvalue weighted by molar-refractivity contribution is 5.87. The van der Waals surface area contributed by atoms with Crippen LogP contribution in [0.2, 0.25) is 0 Å². The number of ketones is 1. The van der Waals surface area contributed by atoms with Crippen molar-refractivity contribution in [1.29, 1.82) is 0 Å². The highest BCUT2D eigenvalue weighted by Gasteiger charge is 2.55. The summed E-state index contributed by atoms with van der Waals surface area (Å²) < 4.78 is 24.1. The number of carbonyl (C=O) groups excluding carboxylic acids is 1. The molecule has 3 fully saturated rings. The van der Waals surface area contributed by atoms with Gasteiger partial charge in [-0.05, 0) is 78.0 Å². The molecule has 0 bridgehead atoms. The van der Waals surface area contributed by atoms with Crippen LogP contribution >= 0.6 is 0 Å². The van der Waals surface area contributed by atoms with Gasteiger partial charge in [-0.15, -0.1) is 0 Å². The lowest BCUT2D eigenvalue weighted by molar-refractivity contribution is -0.130. The third-order valence-electron chi connectivity index (χ3n) is 8.63. The van der Waals surface area contributed by atoms with E-state index in [0.29, 0.717) is 43.9 Å². The van der Waals surface area contributed by atoms with Crippen molar-refractivity contribution in [3.8, 4) is 5.75 Å². The van der Waals surface area contributed by atoms with E-state index in [4.69, 9.17) is 18.9 Å². The molecule has 0 N–H and O–H groups in total. The van der Waals surface area contributed by atoms with E-state index in [9.17, 15) is 4.79 Å². The number of hydrogen-bond acceptors (Lipinski definition) is 5. The van der Waals surface area contributed by atoms with Gasteiger partial charge in [0.05, 0.1) is 32.3 Å². The van der Waals surface area contributed by atoms with Crippen molar-refractivity contribution in [3.63, 3.8) is 0 Å². The van der Waals surface area contributed by atoms with E-state index >= 15 is 0 Å². The summed E-state index contributed by atoms with van der Waals surface area (Å²) in [5, 5.41) is 0. The second-order valence-electron chi connectivity index (χ2n) is 10.2. The van der Waals surface area contributed by atoms with E-state index in [1.807, 2.05) is 12.1 Å². The number of fused-ring (bicyclic) bond motifs is 4. The van der Waals surface area contributed by atoms with Crippen molar-refractivity contribution < 1.29 is 23.7 Å². The minimum atomic E-state index is -0.536. The molecule has 32 heavy (non-hydrogen) atoms. The first-order valence-corrected chi connectivity index (χ1v) is 12.0. The van der Waals surface area contributed by atoms with Crippen LogP contribution in [-0.4, -0.2) is 38.5 Å².